The quantitative estimate of drug-likeness (QED) is 0.783. The van der Waals surface area contributed by atoms with Crippen LogP contribution in [0.25, 0.3) is 0 Å². The highest BCUT2D eigenvalue weighted by atomic mass is 16.5. The maximum absolute atomic E-state index is 5.36. The summed E-state index contributed by atoms with van der Waals surface area (Å²) in [5.74, 6) is 1.98. The summed E-state index contributed by atoms with van der Waals surface area (Å²) in [6.45, 7) is 10.4. The second-order valence-corrected chi connectivity index (χ2v) is 7.65. The molecule has 1 aromatic carbocycles. The number of nitrogens with one attached hydrogen (secondary N) is 1. The Bertz CT molecular complexity index is 649. The van der Waals surface area contributed by atoms with E-state index in [1.807, 2.05) is 0 Å². The van der Waals surface area contributed by atoms with E-state index in [1.54, 1.807) is 0 Å². The fraction of sp³-hybridized carbons (Fsp3) is 0.600. The third-order valence-corrected chi connectivity index (χ3v) is 4.84. The maximum atomic E-state index is 5.36. The molecule has 1 N–H and O–H groups in total. The Labute approximate surface area is 156 Å². The van der Waals surface area contributed by atoms with E-state index in [0.29, 0.717) is 12.5 Å². The zero-order valence-corrected chi connectivity index (χ0v) is 16.2. The largest absolute Gasteiger partial charge is 0.339 e. The smallest absolute Gasteiger partial charge is 0.226 e. The number of rotatable bonds is 8. The van der Waals surface area contributed by atoms with Crippen molar-refractivity contribution in [2.45, 2.75) is 32.9 Å². The molecular weight excluding hydrogens is 326 g/mol. The third kappa shape index (κ3) is 5.62. The summed E-state index contributed by atoms with van der Waals surface area (Å²) in [5, 5.41) is 7.76. The van der Waals surface area contributed by atoms with Crippen LogP contribution in [-0.4, -0.2) is 59.7 Å². The van der Waals surface area contributed by atoms with Crippen LogP contribution in [0.2, 0.25) is 0 Å². The fourth-order valence-corrected chi connectivity index (χ4v) is 3.27. The van der Waals surface area contributed by atoms with Crippen molar-refractivity contribution in [2.24, 2.45) is 5.92 Å². The van der Waals surface area contributed by atoms with Crippen LogP contribution in [0.4, 0.5) is 0 Å². The first-order chi connectivity index (χ1) is 12.6. The van der Waals surface area contributed by atoms with Gasteiger partial charge in [-0.05, 0) is 18.5 Å². The molecule has 6 nitrogen and oxygen atoms in total. The van der Waals surface area contributed by atoms with E-state index >= 15 is 0 Å². The van der Waals surface area contributed by atoms with Crippen LogP contribution in [0.3, 0.4) is 0 Å². The van der Waals surface area contributed by atoms with E-state index in [2.05, 4.69) is 76.5 Å². The lowest BCUT2D eigenvalue weighted by Crippen LogP contribution is -2.47. The molecule has 1 aliphatic rings. The fourth-order valence-electron chi connectivity index (χ4n) is 3.27. The van der Waals surface area contributed by atoms with E-state index in [9.17, 15) is 0 Å². The molecule has 1 aromatic heterocycles. The van der Waals surface area contributed by atoms with Crippen LogP contribution in [0.5, 0.6) is 0 Å². The average molecular weight is 358 g/mol. The van der Waals surface area contributed by atoms with Crippen LogP contribution < -0.4 is 5.32 Å². The SMILES string of the molecule is CC(C)Cc1nc(CN[C@@H](CN2CCN(C)CC2)c2ccccc2)no1. The van der Waals surface area contributed by atoms with E-state index in [-0.39, 0.29) is 6.04 Å². The Hall–Kier alpha value is -1.76. The van der Waals surface area contributed by atoms with Gasteiger partial charge in [-0.25, -0.2) is 0 Å². The number of benzene rings is 1. The topological polar surface area (TPSA) is 57.4 Å². The number of aromatic nitrogens is 2. The van der Waals surface area contributed by atoms with Crippen molar-refractivity contribution in [3.8, 4) is 0 Å². The Balaban J connectivity index is 1.61. The lowest BCUT2D eigenvalue weighted by molar-refractivity contribution is 0.141. The van der Waals surface area contributed by atoms with E-state index in [1.165, 1.54) is 5.56 Å². The molecule has 26 heavy (non-hydrogen) atoms. The minimum atomic E-state index is 0.256. The predicted octanol–water partition coefficient (Wildman–Crippen LogP) is 2.35. The molecule has 2 heterocycles. The minimum absolute atomic E-state index is 0.256. The standard InChI is InChI=1S/C20H31N5O/c1-16(2)13-20-22-19(23-26-20)14-21-18(17-7-5-4-6-8-17)15-25-11-9-24(3)10-12-25/h4-8,16,18,21H,9-15H2,1-3H3/t18-/m0/s1. The van der Waals surface area contributed by atoms with E-state index in [0.717, 1.165) is 50.9 Å². The maximum Gasteiger partial charge on any atom is 0.226 e. The van der Waals surface area contributed by atoms with Crippen molar-refractivity contribution in [3.05, 3.63) is 47.6 Å². The molecule has 142 valence electrons. The van der Waals surface area contributed by atoms with Gasteiger partial charge in [0.15, 0.2) is 5.82 Å². The molecule has 0 saturated carbocycles. The number of nitrogens with zero attached hydrogens (tertiary/aromatic N) is 4. The lowest BCUT2D eigenvalue weighted by atomic mass is 10.1. The summed E-state index contributed by atoms with van der Waals surface area (Å²) in [6.07, 6.45) is 0.830. The summed E-state index contributed by atoms with van der Waals surface area (Å²) < 4.78 is 5.36. The minimum Gasteiger partial charge on any atom is -0.339 e. The highest BCUT2D eigenvalue weighted by Crippen LogP contribution is 2.16. The normalized spacial score (nSPS) is 17.7. The van der Waals surface area contributed by atoms with Gasteiger partial charge in [-0.1, -0.05) is 49.3 Å². The van der Waals surface area contributed by atoms with Crippen LogP contribution in [0, 0.1) is 5.92 Å². The highest BCUT2D eigenvalue weighted by Gasteiger charge is 2.20. The molecule has 2 aromatic rings. The molecule has 0 bridgehead atoms. The summed E-state index contributed by atoms with van der Waals surface area (Å²) in [6, 6.07) is 10.9. The zero-order valence-electron chi connectivity index (χ0n) is 16.2. The first-order valence-electron chi connectivity index (χ1n) is 9.61. The van der Waals surface area contributed by atoms with Crippen molar-refractivity contribution in [1.82, 2.24) is 25.3 Å². The zero-order chi connectivity index (χ0) is 18.4. The molecule has 1 fully saturated rings. The first kappa shape index (κ1) is 19.0. The van der Waals surface area contributed by atoms with Gasteiger partial charge in [-0.15, -0.1) is 0 Å². The molecule has 1 aliphatic heterocycles. The monoisotopic (exact) mass is 357 g/mol. The third-order valence-electron chi connectivity index (χ3n) is 4.84. The van der Waals surface area contributed by atoms with Crippen LogP contribution in [0.1, 0.15) is 37.2 Å². The van der Waals surface area contributed by atoms with Crippen molar-refractivity contribution in [2.75, 3.05) is 39.8 Å². The van der Waals surface area contributed by atoms with Gasteiger partial charge in [0.05, 0.1) is 6.54 Å². The molecule has 0 aliphatic carbocycles. The molecule has 3 rings (SSSR count). The van der Waals surface area contributed by atoms with E-state index < -0.39 is 0 Å². The van der Waals surface area contributed by atoms with Crippen molar-refractivity contribution in [3.63, 3.8) is 0 Å². The summed E-state index contributed by atoms with van der Waals surface area (Å²) in [4.78, 5) is 9.43. The number of likely N-dealkylation sites (N-methyl/N-ethyl adjacent to an activating group) is 1. The Kier molecular flexibility index (Phi) is 6.77. The van der Waals surface area contributed by atoms with Gasteiger partial charge in [0.1, 0.15) is 0 Å². The van der Waals surface area contributed by atoms with Gasteiger partial charge in [-0.2, -0.15) is 4.98 Å². The van der Waals surface area contributed by atoms with Crippen molar-refractivity contribution < 1.29 is 4.52 Å². The molecular formula is C20H31N5O. The molecule has 1 atom stereocenters. The van der Waals surface area contributed by atoms with Crippen LogP contribution in [-0.2, 0) is 13.0 Å². The van der Waals surface area contributed by atoms with Gasteiger partial charge < -0.3 is 14.7 Å². The molecule has 0 amide bonds. The summed E-state index contributed by atoms with van der Waals surface area (Å²) >= 11 is 0. The second kappa shape index (κ2) is 9.26. The van der Waals surface area contributed by atoms with Gasteiger partial charge in [0.2, 0.25) is 5.89 Å². The Morgan fingerprint density at radius 3 is 2.54 bits per heavy atom. The molecule has 6 heteroatoms. The number of piperazine rings is 1. The number of hydrogen-bond donors (Lipinski definition) is 1. The van der Waals surface area contributed by atoms with Crippen molar-refractivity contribution >= 4 is 0 Å². The second-order valence-electron chi connectivity index (χ2n) is 7.65. The summed E-state index contributed by atoms with van der Waals surface area (Å²) in [5.41, 5.74) is 1.30. The predicted molar refractivity (Wildman–Crippen MR) is 103 cm³/mol. The van der Waals surface area contributed by atoms with Gasteiger partial charge >= 0.3 is 0 Å². The molecule has 0 radical (unpaired) electrons. The summed E-state index contributed by atoms with van der Waals surface area (Å²) in [7, 11) is 2.19. The van der Waals surface area contributed by atoms with Crippen LogP contribution in [0.15, 0.2) is 34.9 Å². The average Bonchev–Trinajstić information content (AvgIpc) is 3.07. The molecule has 0 unspecified atom stereocenters. The van der Waals surface area contributed by atoms with Gasteiger partial charge in [-0.3, -0.25) is 4.90 Å². The van der Waals surface area contributed by atoms with Gasteiger partial charge in [0.25, 0.3) is 0 Å². The van der Waals surface area contributed by atoms with Crippen molar-refractivity contribution in [1.29, 1.82) is 0 Å². The highest BCUT2D eigenvalue weighted by molar-refractivity contribution is 5.19. The Morgan fingerprint density at radius 1 is 1.12 bits per heavy atom. The van der Waals surface area contributed by atoms with Crippen LogP contribution >= 0.6 is 0 Å². The lowest BCUT2D eigenvalue weighted by Gasteiger charge is -2.35. The molecule has 1 saturated heterocycles. The Morgan fingerprint density at radius 2 is 1.85 bits per heavy atom. The van der Waals surface area contributed by atoms with E-state index in [4.69, 9.17) is 4.52 Å². The van der Waals surface area contributed by atoms with Gasteiger partial charge in [0, 0.05) is 45.2 Å². The number of hydrogen-bond acceptors (Lipinski definition) is 6. The first-order valence-corrected chi connectivity index (χ1v) is 9.61. The molecule has 0 spiro atoms.